The number of urea groups is 1. The number of piperazine rings is 1. The van der Waals surface area contributed by atoms with Crippen molar-refractivity contribution >= 4 is 6.03 Å². The molecule has 0 atom stereocenters. The van der Waals surface area contributed by atoms with Crippen LogP contribution >= 0.6 is 0 Å². The Morgan fingerprint density at radius 3 is 2.47 bits per heavy atom. The van der Waals surface area contributed by atoms with Crippen molar-refractivity contribution in [1.29, 1.82) is 0 Å². The van der Waals surface area contributed by atoms with Crippen molar-refractivity contribution in [2.24, 2.45) is 5.73 Å². The number of nitrogens with one attached hydrogen (secondary N) is 1. The molecule has 1 aliphatic heterocycles. The number of hydrogen-bond acceptors (Lipinski definition) is 3. The zero-order chi connectivity index (χ0) is 10.7. The fraction of sp³-hybridized carbons (Fsp3) is 0.900. The van der Waals surface area contributed by atoms with Gasteiger partial charge in [0, 0.05) is 45.3 Å². The van der Waals surface area contributed by atoms with E-state index in [1.54, 1.807) is 0 Å². The van der Waals surface area contributed by atoms with Gasteiger partial charge in [0.15, 0.2) is 0 Å². The molecule has 0 aromatic heterocycles. The molecule has 2 amide bonds. The molecule has 0 radical (unpaired) electrons. The van der Waals surface area contributed by atoms with Gasteiger partial charge in [0.25, 0.3) is 0 Å². The lowest BCUT2D eigenvalue weighted by atomic mass is 10.3. The zero-order valence-corrected chi connectivity index (χ0v) is 9.11. The van der Waals surface area contributed by atoms with Gasteiger partial charge < -0.3 is 16.0 Å². The third-order valence-corrected chi connectivity index (χ3v) is 3.01. The van der Waals surface area contributed by atoms with Crippen LogP contribution in [-0.2, 0) is 0 Å². The summed E-state index contributed by atoms with van der Waals surface area (Å²) >= 11 is 0. The van der Waals surface area contributed by atoms with Gasteiger partial charge in [-0.3, -0.25) is 4.90 Å². The Morgan fingerprint density at radius 2 is 1.93 bits per heavy atom. The number of carbonyl (C=O) groups excluding carboxylic acids is 1. The first kappa shape index (κ1) is 10.7. The summed E-state index contributed by atoms with van der Waals surface area (Å²) in [6, 6.07) is 0.574. The molecule has 1 heterocycles. The molecule has 0 aromatic carbocycles. The van der Waals surface area contributed by atoms with E-state index in [2.05, 4.69) is 10.2 Å². The molecule has 1 saturated carbocycles. The highest BCUT2D eigenvalue weighted by molar-refractivity contribution is 5.75. The second-order valence-electron chi connectivity index (χ2n) is 4.34. The van der Waals surface area contributed by atoms with Crippen LogP contribution in [0.3, 0.4) is 0 Å². The third-order valence-electron chi connectivity index (χ3n) is 3.01. The van der Waals surface area contributed by atoms with Crippen molar-refractivity contribution in [3.8, 4) is 0 Å². The maximum absolute atomic E-state index is 11.7. The van der Waals surface area contributed by atoms with Crippen LogP contribution in [0.4, 0.5) is 4.79 Å². The lowest BCUT2D eigenvalue weighted by Gasteiger charge is -2.34. The van der Waals surface area contributed by atoms with Crippen LogP contribution in [0.5, 0.6) is 0 Å². The van der Waals surface area contributed by atoms with Gasteiger partial charge in [-0.25, -0.2) is 4.79 Å². The summed E-state index contributed by atoms with van der Waals surface area (Å²) in [5.74, 6) is 0. The van der Waals surface area contributed by atoms with Crippen LogP contribution < -0.4 is 11.1 Å². The van der Waals surface area contributed by atoms with E-state index in [1.165, 1.54) is 0 Å². The summed E-state index contributed by atoms with van der Waals surface area (Å²) in [6.45, 7) is 5.22. The van der Waals surface area contributed by atoms with Crippen LogP contribution in [0.15, 0.2) is 0 Å². The molecule has 3 N–H and O–H groups in total. The van der Waals surface area contributed by atoms with E-state index >= 15 is 0 Å². The Kier molecular flexibility index (Phi) is 3.43. The van der Waals surface area contributed by atoms with Gasteiger partial charge in [0.1, 0.15) is 0 Å². The predicted molar refractivity (Wildman–Crippen MR) is 58.6 cm³/mol. The standard InChI is InChI=1S/C10H20N4O/c11-3-4-13-5-7-14(8-6-13)10(15)12-9-1-2-9/h9H,1-8,11H2,(H,12,15). The van der Waals surface area contributed by atoms with Crippen LogP contribution in [0.25, 0.3) is 0 Å². The third kappa shape index (κ3) is 3.07. The molecule has 0 spiro atoms. The van der Waals surface area contributed by atoms with Crippen molar-refractivity contribution < 1.29 is 4.79 Å². The number of nitrogens with two attached hydrogens (primary N) is 1. The van der Waals surface area contributed by atoms with Gasteiger partial charge >= 0.3 is 6.03 Å². The second-order valence-corrected chi connectivity index (χ2v) is 4.34. The summed E-state index contributed by atoms with van der Waals surface area (Å²) in [4.78, 5) is 15.9. The molecule has 0 aromatic rings. The average molecular weight is 212 g/mol. The molecule has 0 unspecified atom stereocenters. The Bertz CT molecular complexity index is 221. The van der Waals surface area contributed by atoms with Crippen molar-refractivity contribution in [3.05, 3.63) is 0 Å². The summed E-state index contributed by atoms with van der Waals surface area (Å²) in [7, 11) is 0. The molecule has 2 fully saturated rings. The Labute approximate surface area is 90.6 Å². The minimum absolute atomic E-state index is 0.116. The summed E-state index contributed by atoms with van der Waals surface area (Å²) in [5, 5.41) is 3.01. The maximum Gasteiger partial charge on any atom is 0.317 e. The van der Waals surface area contributed by atoms with E-state index < -0.39 is 0 Å². The molecule has 2 rings (SSSR count). The second kappa shape index (κ2) is 4.81. The van der Waals surface area contributed by atoms with Crippen molar-refractivity contribution in [2.45, 2.75) is 18.9 Å². The van der Waals surface area contributed by atoms with Crippen molar-refractivity contribution in [1.82, 2.24) is 15.1 Å². The lowest BCUT2D eigenvalue weighted by Crippen LogP contribution is -2.52. The highest BCUT2D eigenvalue weighted by Crippen LogP contribution is 2.19. The van der Waals surface area contributed by atoms with E-state index in [4.69, 9.17) is 5.73 Å². The zero-order valence-electron chi connectivity index (χ0n) is 9.11. The highest BCUT2D eigenvalue weighted by Gasteiger charge is 2.27. The molecule has 5 nitrogen and oxygen atoms in total. The number of carbonyl (C=O) groups is 1. The van der Waals surface area contributed by atoms with Crippen LogP contribution in [0.1, 0.15) is 12.8 Å². The van der Waals surface area contributed by atoms with Gasteiger partial charge in [-0.1, -0.05) is 0 Å². The Hall–Kier alpha value is -0.810. The molecular weight excluding hydrogens is 192 g/mol. The number of rotatable bonds is 3. The Balaban J connectivity index is 1.69. The quantitative estimate of drug-likeness (QED) is 0.659. The van der Waals surface area contributed by atoms with Crippen molar-refractivity contribution in [2.75, 3.05) is 39.3 Å². The molecule has 86 valence electrons. The summed E-state index contributed by atoms with van der Waals surface area (Å²) < 4.78 is 0. The topological polar surface area (TPSA) is 61.6 Å². The molecular formula is C10H20N4O. The van der Waals surface area contributed by atoms with Crippen LogP contribution in [0, 0.1) is 0 Å². The van der Waals surface area contributed by atoms with E-state index in [0.717, 1.165) is 45.6 Å². The van der Waals surface area contributed by atoms with Gasteiger partial charge in [-0.2, -0.15) is 0 Å². The molecule has 0 bridgehead atoms. The minimum atomic E-state index is 0.116. The van der Waals surface area contributed by atoms with Gasteiger partial charge in [0.2, 0.25) is 0 Å². The van der Waals surface area contributed by atoms with Crippen LogP contribution in [0.2, 0.25) is 0 Å². The summed E-state index contributed by atoms with van der Waals surface area (Å²) in [6.07, 6.45) is 2.30. The maximum atomic E-state index is 11.7. The van der Waals surface area contributed by atoms with E-state index in [1.807, 2.05) is 4.90 Å². The average Bonchev–Trinajstić information content (AvgIpc) is 3.03. The van der Waals surface area contributed by atoms with Gasteiger partial charge in [-0.05, 0) is 12.8 Å². The van der Waals surface area contributed by atoms with Crippen molar-refractivity contribution in [3.63, 3.8) is 0 Å². The lowest BCUT2D eigenvalue weighted by molar-refractivity contribution is 0.141. The number of hydrogen-bond donors (Lipinski definition) is 2. The molecule has 1 saturated heterocycles. The first-order valence-electron chi connectivity index (χ1n) is 5.77. The van der Waals surface area contributed by atoms with E-state index in [-0.39, 0.29) is 6.03 Å². The number of nitrogens with zero attached hydrogens (tertiary/aromatic N) is 2. The normalized spacial score (nSPS) is 22.9. The predicted octanol–water partition coefficient (Wildman–Crippen LogP) is -0.565. The fourth-order valence-electron chi connectivity index (χ4n) is 1.85. The minimum Gasteiger partial charge on any atom is -0.335 e. The molecule has 5 heteroatoms. The first-order valence-corrected chi connectivity index (χ1v) is 5.77. The molecule has 1 aliphatic carbocycles. The van der Waals surface area contributed by atoms with Gasteiger partial charge in [0.05, 0.1) is 0 Å². The highest BCUT2D eigenvalue weighted by atomic mass is 16.2. The van der Waals surface area contributed by atoms with E-state index in [0.29, 0.717) is 12.6 Å². The van der Waals surface area contributed by atoms with Gasteiger partial charge in [-0.15, -0.1) is 0 Å². The van der Waals surface area contributed by atoms with E-state index in [9.17, 15) is 4.79 Å². The first-order chi connectivity index (χ1) is 7.29. The Morgan fingerprint density at radius 1 is 1.27 bits per heavy atom. The van der Waals surface area contributed by atoms with Crippen LogP contribution in [-0.4, -0.2) is 61.1 Å². The SMILES string of the molecule is NCCN1CCN(C(=O)NC2CC2)CC1. The largest absolute Gasteiger partial charge is 0.335 e. The fourth-order valence-corrected chi connectivity index (χ4v) is 1.85. The molecule has 2 aliphatic rings. The monoisotopic (exact) mass is 212 g/mol. The molecule has 15 heavy (non-hydrogen) atoms. The number of amides is 2. The smallest absolute Gasteiger partial charge is 0.317 e. The summed E-state index contributed by atoms with van der Waals surface area (Å²) in [5.41, 5.74) is 5.49.